The van der Waals surface area contributed by atoms with Gasteiger partial charge in [-0.25, -0.2) is 0 Å². The van der Waals surface area contributed by atoms with E-state index in [1.54, 1.807) is 0 Å². The minimum absolute atomic E-state index is 0.0398. The van der Waals surface area contributed by atoms with E-state index >= 15 is 0 Å². The summed E-state index contributed by atoms with van der Waals surface area (Å²) in [5.41, 5.74) is 0. The minimum atomic E-state index is -4.66. The fraction of sp³-hybridized carbons (Fsp3) is 0.650. The van der Waals surface area contributed by atoms with Crippen molar-refractivity contribution in [1.29, 1.82) is 0 Å². The molecule has 90 heavy (non-hydrogen) atoms. The molecule has 0 aliphatic heterocycles. The van der Waals surface area contributed by atoms with Crippen LogP contribution in [0.5, 0.6) is 0 Å². The lowest BCUT2D eigenvalue weighted by atomic mass is 10.0. The van der Waals surface area contributed by atoms with Crippen LogP contribution in [0.4, 0.5) is 0 Å². The molecule has 0 N–H and O–H groups in total. The van der Waals surface area contributed by atoms with Crippen LogP contribution in [0.1, 0.15) is 284 Å². The van der Waals surface area contributed by atoms with Crippen molar-refractivity contribution < 1.29 is 42.1 Å². The second-order valence-corrected chi connectivity index (χ2v) is 26.2. The van der Waals surface area contributed by atoms with Gasteiger partial charge in [0, 0.05) is 12.8 Å². The van der Waals surface area contributed by atoms with E-state index in [1.165, 1.54) is 122 Å². The molecule has 0 aliphatic rings. The van der Waals surface area contributed by atoms with Crippen molar-refractivity contribution in [2.75, 3.05) is 47.5 Å². The molecule has 0 aromatic heterocycles. The van der Waals surface area contributed by atoms with Crippen molar-refractivity contribution in [3.63, 3.8) is 0 Å². The summed E-state index contributed by atoms with van der Waals surface area (Å²) in [7, 11) is 1.15. The molecule has 0 heterocycles. The van der Waals surface area contributed by atoms with E-state index in [9.17, 15) is 19.0 Å². The lowest BCUT2D eigenvalue weighted by Gasteiger charge is -2.28. The summed E-state index contributed by atoms with van der Waals surface area (Å²) in [5.74, 6) is -0.848. The van der Waals surface area contributed by atoms with Crippen LogP contribution < -0.4 is 4.89 Å². The maximum Gasteiger partial charge on any atom is 0.306 e. The molecule has 0 amide bonds. The first-order chi connectivity index (χ1) is 44.0. The number of hydrogen-bond acceptors (Lipinski definition) is 8. The summed E-state index contributed by atoms with van der Waals surface area (Å²) in [6.45, 7) is 4.00. The Morgan fingerprint density at radius 3 is 0.889 bits per heavy atom. The first-order valence-corrected chi connectivity index (χ1v) is 37.7. The number of carbonyl (C=O) groups is 2. The summed E-state index contributed by atoms with van der Waals surface area (Å²) >= 11 is 0. The number of quaternary nitrogens is 1. The van der Waals surface area contributed by atoms with Crippen molar-refractivity contribution in [2.24, 2.45) is 0 Å². The zero-order valence-corrected chi connectivity index (χ0v) is 59.2. The van der Waals surface area contributed by atoms with Crippen LogP contribution in [0.2, 0.25) is 0 Å². The standard InChI is InChI=1S/C80H134NO8P/c1-6-8-10-12-14-16-18-20-22-24-26-28-30-32-34-36-37-38-39-40-41-42-43-45-46-48-50-52-54-56-58-60-62-64-66-68-70-72-79(82)86-76-78(77-88-90(84,85)87-75-74-81(3,4)5)89-80(83)73-71-69-67-65-63-61-59-57-55-53-51-49-47-44-35-33-31-29-27-25-23-21-19-17-15-13-11-9-7-2/h8-11,14-17,20-23,26-29,32-35,37-38,47,49,53,55,78H,6-7,12-13,18-19,24-25,30-31,36,39-46,48,50-52,54,56-77H2,1-5H3/b10-8-,11-9-,16-14-,17-15-,22-20-,23-21-,28-26-,29-27-,34-32-,35-33-,38-37-,49-47-,55-53-. The van der Waals surface area contributed by atoms with Crippen LogP contribution in [0, 0.1) is 0 Å². The predicted octanol–water partition coefficient (Wildman–Crippen LogP) is 23.3. The van der Waals surface area contributed by atoms with E-state index in [1.807, 2.05) is 21.1 Å². The maximum absolute atomic E-state index is 12.9. The Labute approximate surface area is 554 Å². The number of ether oxygens (including phenoxy) is 2. The van der Waals surface area contributed by atoms with E-state index in [2.05, 4.69) is 172 Å². The van der Waals surface area contributed by atoms with Gasteiger partial charge in [0.15, 0.2) is 6.10 Å². The van der Waals surface area contributed by atoms with Gasteiger partial charge in [-0.15, -0.1) is 0 Å². The van der Waals surface area contributed by atoms with Gasteiger partial charge in [-0.2, -0.15) is 0 Å². The van der Waals surface area contributed by atoms with Gasteiger partial charge in [-0.1, -0.05) is 307 Å². The van der Waals surface area contributed by atoms with E-state index in [0.29, 0.717) is 17.4 Å². The highest BCUT2D eigenvalue weighted by Gasteiger charge is 2.22. The van der Waals surface area contributed by atoms with Gasteiger partial charge in [0.25, 0.3) is 7.82 Å². The molecule has 10 heteroatoms. The molecule has 0 saturated heterocycles. The van der Waals surface area contributed by atoms with Gasteiger partial charge in [0.2, 0.25) is 0 Å². The molecule has 9 nitrogen and oxygen atoms in total. The highest BCUT2D eigenvalue weighted by atomic mass is 31.2. The fourth-order valence-corrected chi connectivity index (χ4v) is 10.3. The topological polar surface area (TPSA) is 111 Å². The number of allylic oxidation sites excluding steroid dienone is 26. The van der Waals surface area contributed by atoms with Crippen LogP contribution >= 0.6 is 7.82 Å². The second kappa shape index (κ2) is 69.0. The molecule has 0 saturated carbocycles. The van der Waals surface area contributed by atoms with Gasteiger partial charge in [0.05, 0.1) is 27.7 Å². The normalized spacial score (nSPS) is 14.1. The highest BCUT2D eigenvalue weighted by molar-refractivity contribution is 7.45. The third kappa shape index (κ3) is 72.7. The van der Waals surface area contributed by atoms with Crippen molar-refractivity contribution >= 4 is 19.8 Å². The zero-order valence-electron chi connectivity index (χ0n) is 58.3. The highest BCUT2D eigenvalue weighted by Crippen LogP contribution is 2.38. The molecule has 2 unspecified atom stereocenters. The Morgan fingerprint density at radius 1 is 0.344 bits per heavy atom. The molecule has 0 fully saturated rings. The number of phosphoric ester groups is 1. The number of esters is 2. The average molecular weight is 1270 g/mol. The molecular formula is C80H134NO8P. The minimum Gasteiger partial charge on any atom is -0.756 e. The number of carbonyl (C=O) groups excluding carboxylic acids is 2. The van der Waals surface area contributed by atoms with Crippen molar-refractivity contribution in [1.82, 2.24) is 0 Å². The van der Waals surface area contributed by atoms with Crippen LogP contribution in [0.25, 0.3) is 0 Å². The number of hydrogen-bond donors (Lipinski definition) is 0. The molecule has 0 spiro atoms. The molecule has 0 rings (SSSR count). The Kier molecular flexibility index (Phi) is 65.6. The number of rotatable bonds is 65. The first-order valence-electron chi connectivity index (χ1n) is 36.2. The number of unbranched alkanes of at least 4 members (excludes halogenated alkanes) is 25. The van der Waals surface area contributed by atoms with E-state index < -0.39 is 26.5 Å². The molecule has 2 atom stereocenters. The zero-order chi connectivity index (χ0) is 65.5. The fourth-order valence-electron chi connectivity index (χ4n) is 9.58. The first kappa shape index (κ1) is 85.6. The number of likely N-dealkylation sites (N-methyl/N-ethyl adjacent to an activating group) is 1. The summed E-state index contributed by atoms with van der Waals surface area (Å²) in [6, 6.07) is 0. The van der Waals surface area contributed by atoms with Crippen molar-refractivity contribution in [2.45, 2.75) is 290 Å². The Balaban J connectivity index is 4.07. The molecule has 0 radical (unpaired) electrons. The molecule has 0 aliphatic carbocycles. The van der Waals surface area contributed by atoms with Crippen LogP contribution in [0.3, 0.4) is 0 Å². The van der Waals surface area contributed by atoms with Crippen LogP contribution in [-0.2, 0) is 32.7 Å². The SMILES string of the molecule is CC/C=C\C/C=C\C/C=C\C/C=C\C/C=C\C/C=C\C/C=C\CCCCCCCCCC(=O)OC(COC(=O)CCCCCCCCCCCCCCCCCCCC/C=C\C/C=C\C/C=C\C/C=C\C/C=C\C/C=C\CC)COP(=O)([O-])OCC[N+](C)(C)C. The van der Waals surface area contributed by atoms with Gasteiger partial charge in [-0.05, 0) is 122 Å². The van der Waals surface area contributed by atoms with Crippen molar-refractivity contribution in [3.8, 4) is 0 Å². The van der Waals surface area contributed by atoms with Crippen LogP contribution in [-0.4, -0.2) is 70.0 Å². The third-order valence-corrected chi connectivity index (χ3v) is 16.0. The smallest absolute Gasteiger partial charge is 0.306 e. The lowest BCUT2D eigenvalue weighted by Crippen LogP contribution is -2.37. The largest absolute Gasteiger partial charge is 0.756 e. The summed E-state index contributed by atoms with van der Waals surface area (Å²) in [5, 5.41) is 0. The van der Waals surface area contributed by atoms with Crippen LogP contribution in [0.15, 0.2) is 158 Å². The molecule has 0 bridgehead atoms. The monoisotopic (exact) mass is 1270 g/mol. The second-order valence-electron chi connectivity index (χ2n) is 24.8. The number of nitrogens with zero attached hydrogens (tertiary/aromatic N) is 1. The predicted molar refractivity (Wildman–Crippen MR) is 387 cm³/mol. The van der Waals surface area contributed by atoms with Gasteiger partial charge >= 0.3 is 11.9 Å². The lowest BCUT2D eigenvalue weighted by molar-refractivity contribution is -0.870. The quantitative estimate of drug-likeness (QED) is 0.0195. The summed E-state index contributed by atoms with van der Waals surface area (Å²) in [4.78, 5) is 38.1. The third-order valence-electron chi connectivity index (χ3n) is 15.0. The van der Waals surface area contributed by atoms with E-state index in [-0.39, 0.29) is 32.0 Å². The summed E-state index contributed by atoms with van der Waals surface area (Å²) in [6.07, 6.45) is 103. The maximum atomic E-state index is 12.9. The Hall–Kier alpha value is -4.37. The molecule has 0 aromatic rings. The van der Waals surface area contributed by atoms with E-state index in [0.717, 1.165) is 128 Å². The van der Waals surface area contributed by atoms with E-state index in [4.69, 9.17) is 18.5 Å². The number of phosphoric acid groups is 1. The summed E-state index contributed by atoms with van der Waals surface area (Å²) < 4.78 is 34.3. The molecular weight excluding hydrogens is 1130 g/mol. The van der Waals surface area contributed by atoms with Gasteiger partial charge in [-0.3, -0.25) is 14.2 Å². The van der Waals surface area contributed by atoms with Gasteiger partial charge in [0.1, 0.15) is 19.8 Å². The Morgan fingerprint density at radius 2 is 0.600 bits per heavy atom. The van der Waals surface area contributed by atoms with Crippen molar-refractivity contribution in [3.05, 3.63) is 158 Å². The Bertz CT molecular complexity index is 2080. The molecule has 0 aromatic carbocycles. The average Bonchev–Trinajstić information content (AvgIpc) is 3.58. The molecule has 512 valence electrons. The van der Waals surface area contributed by atoms with Gasteiger partial charge < -0.3 is 27.9 Å².